The Morgan fingerprint density at radius 3 is 2.12 bits per heavy atom. The molecule has 7 heteroatoms. The van der Waals surface area contributed by atoms with Gasteiger partial charge in [-0.15, -0.1) is 0 Å². The van der Waals surface area contributed by atoms with E-state index in [1.165, 1.54) is 0 Å². The highest BCUT2D eigenvalue weighted by Gasteiger charge is 2.79. The lowest BCUT2D eigenvalue weighted by Crippen LogP contribution is -2.28. The molecule has 2 aromatic rings. The first kappa shape index (κ1) is 16.9. The van der Waals surface area contributed by atoms with E-state index in [-0.39, 0.29) is 6.61 Å². The number of anilines is 1. The van der Waals surface area contributed by atoms with Crippen molar-refractivity contribution in [2.45, 2.75) is 6.04 Å². The second-order valence-corrected chi connectivity index (χ2v) is 7.07. The summed E-state index contributed by atoms with van der Waals surface area (Å²) in [6.45, 7) is 0.0309. The number of benzene rings is 2. The summed E-state index contributed by atoms with van der Waals surface area (Å²) >= 11 is 5.98. The van der Waals surface area contributed by atoms with Crippen molar-refractivity contribution < 1.29 is 24.6 Å². The van der Waals surface area contributed by atoms with E-state index in [0.717, 1.165) is 11.3 Å². The number of carboxylic acid groups (broad SMARTS) is 2. The summed E-state index contributed by atoms with van der Waals surface area (Å²) in [6, 6.07) is 15.7. The Morgan fingerprint density at radius 1 is 1.00 bits per heavy atom. The van der Waals surface area contributed by atoms with Crippen molar-refractivity contribution in [1.82, 2.24) is 0 Å². The molecule has 2 aliphatic rings. The molecule has 0 bridgehead atoms. The summed E-state index contributed by atoms with van der Waals surface area (Å²) in [5.74, 6) is -4.24. The molecular formula is C19H16ClNO5. The molecule has 134 valence electrons. The van der Waals surface area contributed by atoms with Gasteiger partial charge in [-0.2, -0.15) is 0 Å². The zero-order valence-electron chi connectivity index (χ0n) is 13.6. The zero-order chi connectivity index (χ0) is 18.5. The standard InChI is InChI=1S/C19H16ClNO5/c20-12-8-6-11(7-9-12)16-19(14(17(22)23)15(19)18(24)25)10-26-21(16)13-4-2-1-3-5-13/h1-9,14-16H,10H2,(H,22,23)(H,24,25). The van der Waals surface area contributed by atoms with Gasteiger partial charge in [0.1, 0.15) is 0 Å². The van der Waals surface area contributed by atoms with Crippen LogP contribution in [0.25, 0.3) is 0 Å². The molecule has 1 aliphatic heterocycles. The third-order valence-electron chi connectivity index (χ3n) is 5.31. The lowest BCUT2D eigenvalue weighted by atomic mass is 9.87. The molecule has 1 saturated carbocycles. The highest BCUT2D eigenvalue weighted by atomic mass is 35.5. The Hall–Kier alpha value is -2.57. The number of carboxylic acids is 2. The second-order valence-electron chi connectivity index (χ2n) is 6.63. The molecule has 2 fully saturated rings. The van der Waals surface area contributed by atoms with Crippen molar-refractivity contribution in [2.75, 3.05) is 11.7 Å². The molecule has 0 amide bonds. The highest BCUT2D eigenvalue weighted by molar-refractivity contribution is 6.30. The average molecular weight is 374 g/mol. The van der Waals surface area contributed by atoms with Gasteiger partial charge in [0, 0.05) is 5.02 Å². The smallest absolute Gasteiger partial charge is 0.308 e. The predicted molar refractivity (Wildman–Crippen MR) is 93.8 cm³/mol. The van der Waals surface area contributed by atoms with Gasteiger partial charge < -0.3 is 10.2 Å². The van der Waals surface area contributed by atoms with Gasteiger partial charge in [0.2, 0.25) is 0 Å². The minimum absolute atomic E-state index is 0.0309. The van der Waals surface area contributed by atoms with Crippen LogP contribution in [-0.4, -0.2) is 28.8 Å². The molecule has 2 N–H and O–H groups in total. The molecule has 26 heavy (non-hydrogen) atoms. The van der Waals surface area contributed by atoms with E-state index in [9.17, 15) is 19.8 Å². The number of hydrogen-bond donors (Lipinski definition) is 2. The first-order valence-corrected chi connectivity index (χ1v) is 8.53. The van der Waals surface area contributed by atoms with E-state index in [2.05, 4.69) is 0 Å². The molecule has 4 rings (SSSR count). The van der Waals surface area contributed by atoms with Crippen molar-refractivity contribution in [2.24, 2.45) is 17.3 Å². The second kappa shape index (κ2) is 6.00. The first-order chi connectivity index (χ1) is 12.5. The normalized spacial score (nSPS) is 29.7. The monoisotopic (exact) mass is 373 g/mol. The van der Waals surface area contributed by atoms with Crippen molar-refractivity contribution in [3.8, 4) is 0 Å². The average Bonchev–Trinajstić information content (AvgIpc) is 3.15. The molecule has 3 unspecified atom stereocenters. The van der Waals surface area contributed by atoms with Gasteiger partial charge in [-0.3, -0.25) is 14.4 Å². The van der Waals surface area contributed by atoms with Crippen LogP contribution in [-0.2, 0) is 14.4 Å². The molecule has 1 saturated heterocycles. The van der Waals surface area contributed by atoms with Crippen molar-refractivity contribution >= 4 is 29.2 Å². The number of carbonyl (C=O) groups is 2. The molecule has 0 aromatic heterocycles. The van der Waals surface area contributed by atoms with Gasteiger partial charge in [0.25, 0.3) is 0 Å². The third kappa shape index (κ3) is 2.37. The number of hydrogen-bond acceptors (Lipinski definition) is 4. The van der Waals surface area contributed by atoms with Gasteiger partial charge >= 0.3 is 11.9 Å². The van der Waals surface area contributed by atoms with Crippen molar-refractivity contribution in [3.63, 3.8) is 0 Å². The molecule has 1 spiro atoms. The minimum atomic E-state index is -1.12. The van der Waals surface area contributed by atoms with Crippen LogP contribution in [0.1, 0.15) is 11.6 Å². The lowest BCUT2D eigenvalue weighted by molar-refractivity contribution is -0.144. The number of rotatable bonds is 4. The maximum atomic E-state index is 11.8. The summed E-state index contributed by atoms with van der Waals surface area (Å²) in [5.41, 5.74) is 0.483. The minimum Gasteiger partial charge on any atom is -0.481 e. The molecular weight excluding hydrogens is 358 g/mol. The van der Waals surface area contributed by atoms with Gasteiger partial charge in [-0.25, -0.2) is 5.06 Å². The number of para-hydroxylation sites is 1. The van der Waals surface area contributed by atoms with Gasteiger partial charge in [0.15, 0.2) is 0 Å². The number of halogens is 1. The summed E-state index contributed by atoms with van der Waals surface area (Å²) in [6.07, 6.45) is 0. The molecule has 1 aliphatic carbocycles. The van der Waals surface area contributed by atoms with Crippen LogP contribution in [0.2, 0.25) is 5.02 Å². The maximum Gasteiger partial charge on any atom is 0.308 e. The van der Waals surface area contributed by atoms with E-state index < -0.39 is 35.2 Å². The van der Waals surface area contributed by atoms with Crippen LogP contribution in [0, 0.1) is 17.3 Å². The van der Waals surface area contributed by atoms with Gasteiger partial charge in [0.05, 0.1) is 35.6 Å². The Kier molecular flexibility index (Phi) is 3.89. The van der Waals surface area contributed by atoms with Crippen LogP contribution < -0.4 is 5.06 Å². The molecule has 2 aromatic carbocycles. The Bertz CT molecular complexity index is 834. The fourth-order valence-electron chi connectivity index (χ4n) is 4.17. The SMILES string of the molecule is O=C(O)C1C(C(=O)O)C12CON(c1ccccc1)C2c1ccc(Cl)cc1. The van der Waals surface area contributed by atoms with Crippen LogP contribution in [0.15, 0.2) is 54.6 Å². The summed E-state index contributed by atoms with van der Waals surface area (Å²) in [5, 5.41) is 21.4. The maximum absolute atomic E-state index is 11.8. The predicted octanol–water partition coefficient (Wildman–Crippen LogP) is 3.23. The van der Waals surface area contributed by atoms with E-state index in [1.54, 1.807) is 29.3 Å². The molecule has 6 nitrogen and oxygen atoms in total. The topological polar surface area (TPSA) is 87.1 Å². The summed E-state index contributed by atoms with van der Waals surface area (Å²) < 4.78 is 0. The van der Waals surface area contributed by atoms with Crippen LogP contribution in [0.4, 0.5) is 5.69 Å². The van der Waals surface area contributed by atoms with Crippen LogP contribution in [0.3, 0.4) is 0 Å². The Morgan fingerprint density at radius 2 is 1.58 bits per heavy atom. The Labute approximate surface area is 154 Å². The number of aliphatic carboxylic acids is 2. The molecule has 3 atom stereocenters. The van der Waals surface area contributed by atoms with Crippen molar-refractivity contribution in [1.29, 1.82) is 0 Å². The van der Waals surface area contributed by atoms with E-state index in [4.69, 9.17) is 16.4 Å². The summed E-state index contributed by atoms with van der Waals surface area (Å²) in [7, 11) is 0. The van der Waals surface area contributed by atoms with E-state index >= 15 is 0 Å². The summed E-state index contributed by atoms with van der Waals surface area (Å²) in [4.78, 5) is 29.4. The molecule has 1 heterocycles. The fourth-order valence-corrected chi connectivity index (χ4v) is 4.29. The first-order valence-electron chi connectivity index (χ1n) is 8.15. The third-order valence-corrected chi connectivity index (χ3v) is 5.56. The van der Waals surface area contributed by atoms with Crippen molar-refractivity contribution in [3.05, 3.63) is 65.2 Å². The molecule has 0 radical (unpaired) electrons. The van der Waals surface area contributed by atoms with E-state index in [1.807, 2.05) is 30.3 Å². The largest absolute Gasteiger partial charge is 0.481 e. The fraction of sp³-hybridized carbons (Fsp3) is 0.263. The van der Waals surface area contributed by atoms with Crippen LogP contribution in [0.5, 0.6) is 0 Å². The number of hydroxylamine groups is 1. The van der Waals surface area contributed by atoms with E-state index in [0.29, 0.717) is 5.02 Å². The Balaban J connectivity index is 1.83. The quantitative estimate of drug-likeness (QED) is 0.855. The van der Waals surface area contributed by atoms with Gasteiger partial charge in [-0.1, -0.05) is 41.9 Å². The lowest BCUT2D eigenvalue weighted by Gasteiger charge is -2.28. The number of nitrogens with zero attached hydrogens (tertiary/aromatic N) is 1. The highest BCUT2D eigenvalue weighted by Crippen LogP contribution is 2.70. The van der Waals surface area contributed by atoms with Crippen LogP contribution >= 0.6 is 11.6 Å². The zero-order valence-corrected chi connectivity index (χ0v) is 14.3. The van der Waals surface area contributed by atoms with Gasteiger partial charge in [-0.05, 0) is 29.8 Å².